The van der Waals surface area contributed by atoms with Gasteiger partial charge in [-0.05, 0) is 35.9 Å². The molecule has 0 saturated heterocycles. The van der Waals surface area contributed by atoms with E-state index in [4.69, 9.17) is 15.9 Å². The number of nitro groups is 1. The van der Waals surface area contributed by atoms with E-state index >= 15 is 0 Å². The maximum Gasteiger partial charge on any atom is 0.269 e. The number of rotatable bonds is 7. The largest absolute Gasteiger partial charge is 0.493 e. The van der Waals surface area contributed by atoms with Gasteiger partial charge in [0.15, 0.2) is 11.5 Å². The Balaban J connectivity index is 2.03. The molecule has 122 valence electrons. The number of nitrogens with one attached hydrogen (secondary N) is 1. The molecule has 0 aliphatic carbocycles. The molecule has 7 nitrogen and oxygen atoms in total. The van der Waals surface area contributed by atoms with Crippen LogP contribution in [0.3, 0.4) is 0 Å². The molecule has 0 aliphatic heterocycles. The number of hydrogen-bond acceptors (Lipinski definition) is 6. The Morgan fingerprint density at radius 1 is 1.29 bits per heavy atom. The van der Waals surface area contributed by atoms with Gasteiger partial charge in [0.1, 0.15) is 6.61 Å². The molecule has 0 unspecified atom stereocenters. The lowest BCUT2D eigenvalue weighted by Crippen LogP contribution is -1.98. The molecule has 0 aromatic heterocycles. The van der Waals surface area contributed by atoms with Crippen LogP contribution in [0.15, 0.2) is 47.6 Å². The first-order valence-corrected chi connectivity index (χ1v) is 6.92. The second kappa shape index (κ2) is 8.19. The minimum Gasteiger partial charge on any atom is -0.493 e. The first-order chi connectivity index (χ1) is 11.6. The van der Waals surface area contributed by atoms with Crippen molar-refractivity contribution in [3.05, 3.63) is 58.1 Å². The third-order valence-electron chi connectivity index (χ3n) is 2.98. The highest BCUT2D eigenvalue weighted by molar-refractivity contribution is 5.81. The van der Waals surface area contributed by atoms with E-state index in [-0.39, 0.29) is 12.3 Å². The van der Waals surface area contributed by atoms with Crippen LogP contribution in [0.5, 0.6) is 11.5 Å². The van der Waals surface area contributed by atoms with Gasteiger partial charge >= 0.3 is 0 Å². The molecular formula is C17H15N3O4. The number of hydrazone groups is 1. The molecule has 0 aliphatic rings. The minimum atomic E-state index is -0.455. The Morgan fingerprint density at radius 3 is 2.67 bits per heavy atom. The topological polar surface area (TPSA) is 86.0 Å². The van der Waals surface area contributed by atoms with Crippen molar-refractivity contribution in [1.29, 1.82) is 0 Å². The molecule has 0 atom stereocenters. The van der Waals surface area contributed by atoms with Crippen LogP contribution in [0.25, 0.3) is 0 Å². The van der Waals surface area contributed by atoms with Gasteiger partial charge in [-0.1, -0.05) is 5.92 Å². The summed E-state index contributed by atoms with van der Waals surface area (Å²) >= 11 is 0. The number of anilines is 1. The first-order valence-electron chi connectivity index (χ1n) is 6.92. The second-order valence-electron chi connectivity index (χ2n) is 4.58. The summed E-state index contributed by atoms with van der Waals surface area (Å²) in [7, 11) is 1.54. The first kappa shape index (κ1) is 16.8. The molecule has 2 aromatic carbocycles. The molecule has 0 bridgehead atoms. The third-order valence-corrected chi connectivity index (χ3v) is 2.98. The summed E-state index contributed by atoms with van der Waals surface area (Å²) in [6.07, 6.45) is 6.75. The predicted molar refractivity (Wildman–Crippen MR) is 91.6 cm³/mol. The summed E-state index contributed by atoms with van der Waals surface area (Å²) in [6, 6.07) is 11.3. The van der Waals surface area contributed by atoms with Gasteiger partial charge in [0.25, 0.3) is 5.69 Å². The molecule has 0 spiro atoms. The van der Waals surface area contributed by atoms with Crippen molar-refractivity contribution < 1.29 is 14.4 Å². The number of nitro benzene ring substituents is 1. The zero-order valence-corrected chi connectivity index (χ0v) is 12.9. The molecule has 0 saturated carbocycles. The fourth-order valence-electron chi connectivity index (χ4n) is 1.84. The van der Waals surface area contributed by atoms with Crippen molar-refractivity contribution in [3.8, 4) is 23.8 Å². The summed E-state index contributed by atoms with van der Waals surface area (Å²) < 4.78 is 10.6. The molecule has 0 amide bonds. The van der Waals surface area contributed by atoms with Crippen molar-refractivity contribution in [3.63, 3.8) is 0 Å². The van der Waals surface area contributed by atoms with Crippen molar-refractivity contribution in [1.82, 2.24) is 0 Å². The summed E-state index contributed by atoms with van der Waals surface area (Å²) in [6.45, 7) is 0.158. The van der Waals surface area contributed by atoms with Gasteiger partial charge in [0.05, 0.1) is 23.9 Å². The van der Waals surface area contributed by atoms with Gasteiger partial charge in [-0.3, -0.25) is 15.5 Å². The van der Waals surface area contributed by atoms with Crippen LogP contribution in [0.1, 0.15) is 5.56 Å². The molecule has 0 fully saturated rings. The van der Waals surface area contributed by atoms with E-state index in [1.807, 2.05) is 0 Å². The Bertz CT molecular complexity index is 779. The van der Waals surface area contributed by atoms with Crippen LogP contribution in [-0.2, 0) is 0 Å². The number of non-ortho nitro benzene ring substituents is 1. The Kier molecular flexibility index (Phi) is 5.75. The van der Waals surface area contributed by atoms with E-state index in [0.29, 0.717) is 17.2 Å². The van der Waals surface area contributed by atoms with Crippen LogP contribution in [0, 0.1) is 22.5 Å². The van der Waals surface area contributed by atoms with Gasteiger partial charge in [-0.25, -0.2) is 0 Å². The zero-order chi connectivity index (χ0) is 17.4. The van der Waals surface area contributed by atoms with Crippen molar-refractivity contribution in [2.45, 2.75) is 0 Å². The molecule has 0 radical (unpaired) electrons. The highest BCUT2D eigenvalue weighted by Crippen LogP contribution is 2.27. The van der Waals surface area contributed by atoms with Gasteiger partial charge in [0, 0.05) is 12.1 Å². The molecule has 24 heavy (non-hydrogen) atoms. The monoisotopic (exact) mass is 325 g/mol. The van der Waals surface area contributed by atoms with Crippen LogP contribution < -0.4 is 14.9 Å². The maximum atomic E-state index is 10.6. The minimum absolute atomic E-state index is 0.0248. The number of ether oxygens (including phenoxy) is 2. The van der Waals surface area contributed by atoms with Crippen LogP contribution in [-0.4, -0.2) is 24.9 Å². The molecular weight excluding hydrogens is 310 g/mol. The summed E-state index contributed by atoms with van der Waals surface area (Å²) in [5.41, 5.74) is 4.24. The third kappa shape index (κ3) is 4.48. The van der Waals surface area contributed by atoms with Gasteiger partial charge in [0.2, 0.25) is 0 Å². The SMILES string of the molecule is C#CCOc1ccc(C=NNc2ccc([N+](=O)[O-])cc2)cc1OC. The van der Waals surface area contributed by atoms with Crippen LogP contribution in [0.4, 0.5) is 11.4 Å². The lowest BCUT2D eigenvalue weighted by Gasteiger charge is -2.09. The lowest BCUT2D eigenvalue weighted by molar-refractivity contribution is -0.384. The van der Waals surface area contributed by atoms with Gasteiger partial charge in [-0.15, -0.1) is 6.42 Å². The number of methoxy groups -OCH3 is 1. The van der Waals surface area contributed by atoms with Gasteiger partial charge in [-0.2, -0.15) is 5.10 Å². The van der Waals surface area contributed by atoms with E-state index in [0.717, 1.165) is 5.56 Å². The number of nitrogens with zero attached hydrogens (tertiary/aromatic N) is 2. The standard InChI is InChI=1S/C17H15N3O4/c1-3-10-24-16-9-4-13(11-17(16)23-2)12-18-19-14-5-7-15(8-6-14)20(21)22/h1,4-9,11-12,19H,10H2,2H3. The van der Waals surface area contributed by atoms with Crippen LogP contribution in [0.2, 0.25) is 0 Å². The highest BCUT2D eigenvalue weighted by Gasteiger charge is 2.05. The van der Waals surface area contributed by atoms with E-state index in [2.05, 4.69) is 16.4 Å². The molecule has 7 heteroatoms. The lowest BCUT2D eigenvalue weighted by atomic mass is 10.2. The molecule has 1 N–H and O–H groups in total. The summed E-state index contributed by atoms with van der Waals surface area (Å²) in [4.78, 5) is 10.1. The zero-order valence-electron chi connectivity index (χ0n) is 12.9. The highest BCUT2D eigenvalue weighted by atomic mass is 16.6. The van der Waals surface area contributed by atoms with E-state index in [1.54, 1.807) is 36.5 Å². The maximum absolute atomic E-state index is 10.6. The number of terminal acetylenes is 1. The van der Waals surface area contributed by atoms with Crippen LogP contribution >= 0.6 is 0 Å². The normalized spacial score (nSPS) is 10.2. The average molecular weight is 325 g/mol. The van der Waals surface area contributed by atoms with E-state index in [9.17, 15) is 10.1 Å². The number of benzene rings is 2. The Morgan fingerprint density at radius 2 is 2.04 bits per heavy atom. The summed E-state index contributed by atoms with van der Waals surface area (Å²) in [5, 5.41) is 14.7. The van der Waals surface area contributed by atoms with Crippen molar-refractivity contribution in [2.24, 2.45) is 5.10 Å². The second-order valence-corrected chi connectivity index (χ2v) is 4.58. The quantitative estimate of drug-likeness (QED) is 0.366. The number of hydrogen-bond donors (Lipinski definition) is 1. The Labute approximate surface area is 139 Å². The van der Waals surface area contributed by atoms with E-state index < -0.39 is 4.92 Å². The van der Waals surface area contributed by atoms with E-state index in [1.165, 1.54) is 19.2 Å². The van der Waals surface area contributed by atoms with Crippen molar-refractivity contribution in [2.75, 3.05) is 19.1 Å². The molecule has 2 aromatic rings. The summed E-state index contributed by atoms with van der Waals surface area (Å²) in [5.74, 6) is 3.49. The molecule has 2 rings (SSSR count). The fraction of sp³-hybridized carbons (Fsp3) is 0.118. The van der Waals surface area contributed by atoms with Crippen molar-refractivity contribution >= 4 is 17.6 Å². The fourth-order valence-corrected chi connectivity index (χ4v) is 1.84. The molecule has 0 heterocycles. The smallest absolute Gasteiger partial charge is 0.269 e. The average Bonchev–Trinajstić information content (AvgIpc) is 2.60. The predicted octanol–water partition coefficient (Wildman–Crippen LogP) is 3.06. The van der Waals surface area contributed by atoms with Gasteiger partial charge < -0.3 is 9.47 Å². The Hall–Kier alpha value is -3.53.